The van der Waals surface area contributed by atoms with Crippen molar-refractivity contribution < 1.29 is 4.43 Å². The Morgan fingerprint density at radius 3 is 1.95 bits per heavy atom. The summed E-state index contributed by atoms with van der Waals surface area (Å²) in [7, 11) is -0.283. The third-order valence-electron chi connectivity index (χ3n) is 3.80. The largest absolute Gasteiger partial charge is 0.424 e. The molecule has 0 rings (SSSR count). The van der Waals surface area contributed by atoms with Crippen LogP contribution in [0.2, 0.25) is 6.04 Å². The Hall–Kier alpha value is 0.137. The van der Waals surface area contributed by atoms with E-state index in [0.717, 1.165) is 13.2 Å². The van der Waals surface area contributed by atoms with Gasteiger partial charge in [-0.3, -0.25) is 0 Å². The van der Waals surface area contributed by atoms with Gasteiger partial charge in [-0.15, -0.1) is 0 Å². The molecular weight excluding hydrogens is 250 g/mol. The average Bonchev–Trinajstić information content (AvgIpc) is 2.43. The Kier molecular flexibility index (Phi) is 16.3. The molecule has 0 aromatic rings. The lowest BCUT2D eigenvalue weighted by atomic mass is 10.1. The molecule has 2 nitrogen and oxygen atoms in total. The first-order valence-electron chi connectivity index (χ1n) is 8.59. The Bertz CT molecular complexity index is 167. The second-order valence-corrected chi connectivity index (χ2v) is 7.32. The molecule has 0 radical (unpaired) electrons. The molecule has 0 spiro atoms. The van der Waals surface area contributed by atoms with Crippen LogP contribution in [0.25, 0.3) is 0 Å². The zero-order chi connectivity index (χ0) is 14.2. The molecule has 0 aromatic heterocycles. The highest BCUT2D eigenvalue weighted by atomic mass is 28.2. The van der Waals surface area contributed by atoms with Crippen molar-refractivity contribution >= 4 is 9.76 Å². The van der Waals surface area contributed by atoms with Crippen LogP contribution < -0.4 is 5.73 Å². The molecule has 1 unspecified atom stereocenters. The van der Waals surface area contributed by atoms with Gasteiger partial charge >= 0.3 is 0 Å². The van der Waals surface area contributed by atoms with Crippen molar-refractivity contribution in [3.8, 4) is 0 Å². The summed E-state index contributed by atoms with van der Waals surface area (Å²) in [6, 6.07) is 1.24. The molecule has 0 aliphatic carbocycles. The first kappa shape index (κ1) is 19.1. The monoisotopic (exact) mass is 287 g/mol. The van der Waals surface area contributed by atoms with E-state index in [-0.39, 0.29) is 9.76 Å². The highest BCUT2D eigenvalue weighted by molar-refractivity contribution is 6.27. The summed E-state index contributed by atoms with van der Waals surface area (Å²) >= 11 is 0. The van der Waals surface area contributed by atoms with Gasteiger partial charge in [0.2, 0.25) is 0 Å². The molecule has 0 saturated carbocycles. The van der Waals surface area contributed by atoms with E-state index in [1.54, 1.807) is 0 Å². The van der Waals surface area contributed by atoms with Gasteiger partial charge in [-0.1, -0.05) is 71.6 Å². The van der Waals surface area contributed by atoms with Crippen LogP contribution >= 0.6 is 0 Å². The lowest BCUT2D eigenvalue weighted by molar-refractivity contribution is 0.316. The molecule has 19 heavy (non-hydrogen) atoms. The normalized spacial score (nSPS) is 13.4. The maximum absolute atomic E-state index is 5.76. The first-order valence-corrected chi connectivity index (χ1v) is 10.2. The second kappa shape index (κ2) is 16.2. The lowest BCUT2D eigenvalue weighted by Gasteiger charge is -2.08. The van der Waals surface area contributed by atoms with Gasteiger partial charge in [0.25, 0.3) is 0 Å². The van der Waals surface area contributed by atoms with Gasteiger partial charge in [-0.25, -0.2) is 0 Å². The van der Waals surface area contributed by atoms with Gasteiger partial charge in [0.15, 0.2) is 9.76 Å². The van der Waals surface area contributed by atoms with Crippen LogP contribution in [0.15, 0.2) is 0 Å². The van der Waals surface area contributed by atoms with Gasteiger partial charge in [0, 0.05) is 6.61 Å². The van der Waals surface area contributed by atoms with E-state index >= 15 is 0 Å². The Balaban J connectivity index is 2.95. The van der Waals surface area contributed by atoms with Crippen LogP contribution in [0.1, 0.15) is 78.1 Å². The highest BCUT2D eigenvalue weighted by Crippen LogP contribution is 2.10. The van der Waals surface area contributed by atoms with Gasteiger partial charge in [-0.2, -0.15) is 0 Å². The fourth-order valence-electron chi connectivity index (χ4n) is 2.20. The van der Waals surface area contributed by atoms with Crippen LogP contribution in [-0.4, -0.2) is 22.9 Å². The molecular formula is C16H37NOSi. The average molecular weight is 288 g/mol. The smallest absolute Gasteiger partial charge is 0.161 e. The van der Waals surface area contributed by atoms with E-state index < -0.39 is 0 Å². The van der Waals surface area contributed by atoms with Crippen LogP contribution in [0.5, 0.6) is 0 Å². The van der Waals surface area contributed by atoms with E-state index in [1.807, 2.05) is 0 Å². The predicted molar refractivity (Wildman–Crippen MR) is 89.4 cm³/mol. The predicted octanol–water partition coefficient (Wildman–Crippen LogP) is 4.02. The minimum absolute atomic E-state index is 0.283. The second-order valence-electron chi connectivity index (χ2n) is 5.92. The van der Waals surface area contributed by atoms with Gasteiger partial charge in [0.05, 0.1) is 0 Å². The maximum Gasteiger partial charge on any atom is 0.161 e. The van der Waals surface area contributed by atoms with E-state index in [1.165, 1.54) is 70.3 Å². The van der Waals surface area contributed by atoms with Crippen molar-refractivity contribution in [2.75, 3.05) is 13.2 Å². The van der Waals surface area contributed by atoms with Crippen LogP contribution in [-0.2, 0) is 4.43 Å². The quantitative estimate of drug-likeness (QED) is 0.365. The van der Waals surface area contributed by atoms with E-state index in [2.05, 4.69) is 13.8 Å². The summed E-state index contributed by atoms with van der Waals surface area (Å²) in [4.78, 5) is 0. The van der Waals surface area contributed by atoms with Crippen LogP contribution in [0.4, 0.5) is 0 Å². The molecule has 0 aliphatic heterocycles. The van der Waals surface area contributed by atoms with E-state index in [4.69, 9.17) is 10.2 Å². The maximum atomic E-state index is 5.76. The fraction of sp³-hybridized carbons (Fsp3) is 1.00. The zero-order valence-corrected chi connectivity index (χ0v) is 14.9. The van der Waals surface area contributed by atoms with Crippen molar-refractivity contribution in [2.24, 2.45) is 11.7 Å². The number of nitrogens with two attached hydrogens (primary N) is 1. The number of unbranched alkanes of at least 4 members (excludes halogenated alkanes) is 9. The van der Waals surface area contributed by atoms with Crippen molar-refractivity contribution in [3.63, 3.8) is 0 Å². The van der Waals surface area contributed by atoms with Crippen molar-refractivity contribution in [2.45, 2.75) is 84.1 Å². The lowest BCUT2D eigenvalue weighted by Crippen LogP contribution is -2.14. The van der Waals surface area contributed by atoms with E-state index in [0.29, 0.717) is 5.92 Å². The van der Waals surface area contributed by atoms with Gasteiger partial charge in [-0.05, 0) is 24.9 Å². The molecule has 0 fully saturated rings. The molecule has 0 amide bonds. The third-order valence-corrected chi connectivity index (χ3v) is 5.60. The molecule has 0 saturated heterocycles. The molecule has 0 aromatic carbocycles. The summed E-state index contributed by atoms with van der Waals surface area (Å²) in [5.41, 5.74) is 5.59. The van der Waals surface area contributed by atoms with Gasteiger partial charge < -0.3 is 10.2 Å². The van der Waals surface area contributed by atoms with Crippen molar-refractivity contribution in [1.29, 1.82) is 0 Å². The molecule has 2 N–H and O–H groups in total. The summed E-state index contributed by atoms with van der Waals surface area (Å²) in [5, 5.41) is 0. The summed E-state index contributed by atoms with van der Waals surface area (Å²) in [6.45, 7) is 6.31. The molecule has 0 bridgehead atoms. The minimum atomic E-state index is -0.283. The molecule has 0 heterocycles. The topological polar surface area (TPSA) is 35.2 Å². The highest BCUT2D eigenvalue weighted by Gasteiger charge is 1.99. The SMILES string of the molecule is CCCCCCCCCCCCO[SiH2]CC(C)CN. The molecule has 1 atom stereocenters. The zero-order valence-electron chi connectivity index (χ0n) is 13.5. The summed E-state index contributed by atoms with van der Waals surface area (Å²) < 4.78 is 5.76. The summed E-state index contributed by atoms with van der Waals surface area (Å²) in [5.74, 6) is 0.666. The number of rotatable bonds is 15. The van der Waals surface area contributed by atoms with Crippen molar-refractivity contribution in [1.82, 2.24) is 0 Å². The van der Waals surface area contributed by atoms with Crippen molar-refractivity contribution in [3.05, 3.63) is 0 Å². The molecule has 0 aliphatic rings. The van der Waals surface area contributed by atoms with Crippen LogP contribution in [0, 0.1) is 5.92 Å². The first-order chi connectivity index (χ1) is 9.31. The third kappa shape index (κ3) is 16.1. The Morgan fingerprint density at radius 1 is 0.895 bits per heavy atom. The molecule has 116 valence electrons. The van der Waals surface area contributed by atoms with Gasteiger partial charge in [0.1, 0.15) is 0 Å². The summed E-state index contributed by atoms with van der Waals surface area (Å²) in [6.07, 6.45) is 14.0. The van der Waals surface area contributed by atoms with E-state index in [9.17, 15) is 0 Å². The van der Waals surface area contributed by atoms with Crippen LogP contribution in [0.3, 0.4) is 0 Å². The Morgan fingerprint density at radius 2 is 1.42 bits per heavy atom. The standard InChI is InChI=1S/C16H37NOSi/c1-3-4-5-6-7-8-9-10-11-12-13-18-19-15-16(2)14-17/h16H,3-15,17,19H2,1-2H3. The minimum Gasteiger partial charge on any atom is -0.424 e. The number of hydrogen-bond acceptors (Lipinski definition) is 2. The Labute approximate surface area is 123 Å². The fourth-order valence-corrected chi connectivity index (χ4v) is 3.41. The number of hydrogen-bond donors (Lipinski definition) is 1. The molecule has 3 heteroatoms.